The number of aliphatic carboxylic acids is 1. The highest BCUT2D eigenvalue weighted by Crippen LogP contribution is 2.44. The summed E-state index contributed by atoms with van der Waals surface area (Å²) >= 11 is 0. The maximum Gasteiger partial charge on any atom is 0.328 e. The van der Waals surface area contributed by atoms with Gasteiger partial charge >= 0.3 is 11.7 Å². The molecule has 2 aliphatic rings. The summed E-state index contributed by atoms with van der Waals surface area (Å²) in [4.78, 5) is 52.1. The van der Waals surface area contributed by atoms with Crippen LogP contribution in [0.2, 0.25) is 0 Å². The molecule has 0 spiro atoms. The van der Waals surface area contributed by atoms with Crippen LogP contribution in [0.25, 0.3) is 10.9 Å². The molecule has 142 valence electrons. The van der Waals surface area contributed by atoms with E-state index < -0.39 is 23.1 Å². The van der Waals surface area contributed by atoms with Gasteiger partial charge in [0.2, 0.25) is 5.91 Å². The molecule has 1 saturated carbocycles. The fraction of sp³-hybridized carbons (Fsp3) is 0.474. The molecule has 1 saturated heterocycles. The molecule has 4 rings (SSSR count). The van der Waals surface area contributed by atoms with Gasteiger partial charge in [-0.3, -0.25) is 23.9 Å². The highest BCUT2D eigenvalue weighted by molar-refractivity contribution is 5.80. The van der Waals surface area contributed by atoms with E-state index in [0.717, 1.165) is 12.8 Å². The summed E-state index contributed by atoms with van der Waals surface area (Å²) in [5.41, 5.74) is -0.513. The number of carboxylic acids is 1. The van der Waals surface area contributed by atoms with Gasteiger partial charge in [0.05, 0.1) is 16.8 Å². The predicted octanol–water partition coefficient (Wildman–Crippen LogP) is 0.649. The third-order valence-corrected chi connectivity index (χ3v) is 5.72. The number of nitrogens with one attached hydrogen (secondary N) is 1. The Hall–Kier alpha value is -2.90. The van der Waals surface area contributed by atoms with E-state index in [4.69, 9.17) is 0 Å². The van der Waals surface area contributed by atoms with E-state index in [-0.39, 0.29) is 31.3 Å². The molecule has 1 aromatic heterocycles. The standard InChI is InChI=1S/C19H21N3O5/c23-16(21-9-13(11-5-6-11)14(10-21)18(25)26)7-8-22-15-4-2-1-3-12(15)17(24)20-19(22)27/h1-4,11,13-14H,5-10H2,(H,25,26)(H,20,24,27)/t13-,14+/m1/s1. The molecular weight excluding hydrogens is 350 g/mol. The highest BCUT2D eigenvalue weighted by atomic mass is 16.4. The van der Waals surface area contributed by atoms with Crippen LogP contribution in [0.4, 0.5) is 0 Å². The lowest BCUT2D eigenvalue weighted by molar-refractivity contribution is -0.142. The van der Waals surface area contributed by atoms with Crippen molar-refractivity contribution >= 4 is 22.8 Å². The normalized spacial score (nSPS) is 22.3. The van der Waals surface area contributed by atoms with Crippen LogP contribution in [0.3, 0.4) is 0 Å². The van der Waals surface area contributed by atoms with E-state index in [9.17, 15) is 24.3 Å². The van der Waals surface area contributed by atoms with Crippen LogP contribution in [-0.4, -0.2) is 44.5 Å². The van der Waals surface area contributed by atoms with Gasteiger partial charge in [-0.1, -0.05) is 12.1 Å². The van der Waals surface area contributed by atoms with Crippen LogP contribution < -0.4 is 11.2 Å². The average molecular weight is 371 g/mol. The molecule has 8 heteroatoms. The van der Waals surface area contributed by atoms with Gasteiger partial charge in [-0.25, -0.2) is 4.79 Å². The van der Waals surface area contributed by atoms with Crippen molar-refractivity contribution in [3.63, 3.8) is 0 Å². The Bertz CT molecular complexity index is 1020. The minimum Gasteiger partial charge on any atom is -0.481 e. The molecule has 2 heterocycles. The molecule has 8 nitrogen and oxygen atoms in total. The van der Waals surface area contributed by atoms with Crippen LogP contribution in [0.5, 0.6) is 0 Å². The molecule has 2 atom stereocenters. The number of nitrogens with zero attached hydrogens (tertiary/aromatic N) is 2. The quantitative estimate of drug-likeness (QED) is 0.801. The number of carbonyl (C=O) groups excluding carboxylic acids is 1. The van der Waals surface area contributed by atoms with Crippen LogP contribution >= 0.6 is 0 Å². The van der Waals surface area contributed by atoms with Gasteiger partial charge in [0, 0.05) is 26.1 Å². The van der Waals surface area contributed by atoms with Gasteiger partial charge in [-0.2, -0.15) is 0 Å². The SMILES string of the molecule is O=C(O)[C@H]1CN(C(=O)CCn2c(=O)[nH]c(=O)c3ccccc32)C[C@@H]1C1CC1. The fourth-order valence-electron chi connectivity index (χ4n) is 4.13. The summed E-state index contributed by atoms with van der Waals surface area (Å²) in [6, 6.07) is 6.75. The number of carbonyl (C=O) groups is 2. The third kappa shape index (κ3) is 3.27. The molecule has 0 radical (unpaired) electrons. The van der Waals surface area contributed by atoms with Crippen LogP contribution in [-0.2, 0) is 16.1 Å². The number of rotatable bonds is 5. The summed E-state index contributed by atoms with van der Waals surface area (Å²) in [6.07, 6.45) is 2.16. The second kappa shape index (κ2) is 6.68. The van der Waals surface area contributed by atoms with E-state index in [1.165, 1.54) is 4.57 Å². The number of benzene rings is 1. The van der Waals surface area contributed by atoms with Gasteiger partial charge < -0.3 is 10.0 Å². The number of likely N-dealkylation sites (tertiary alicyclic amines) is 1. The summed E-state index contributed by atoms with van der Waals surface area (Å²) in [5, 5.41) is 9.83. The summed E-state index contributed by atoms with van der Waals surface area (Å²) in [7, 11) is 0. The lowest BCUT2D eigenvalue weighted by Crippen LogP contribution is -2.34. The number of aromatic amines is 1. The summed E-state index contributed by atoms with van der Waals surface area (Å²) in [6.45, 7) is 0.843. The Morgan fingerprint density at radius 3 is 2.59 bits per heavy atom. The molecule has 2 N–H and O–H groups in total. The minimum absolute atomic E-state index is 0.0306. The van der Waals surface area contributed by atoms with Gasteiger partial charge in [0.25, 0.3) is 5.56 Å². The number of aromatic nitrogens is 2. The number of aryl methyl sites for hydroxylation is 1. The van der Waals surface area contributed by atoms with Gasteiger partial charge in [-0.15, -0.1) is 0 Å². The van der Waals surface area contributed by atoms with Crippen molar-refractivity contribution in [3.8, 4) is 0 Å². The summed E-state index contributed by atoms with van der Waals surface area (Å²) in [5.74, 6) is -1.06. The molecule has 1 aliphatic heterocycles. The first-order chi connectivity index (χ1) is 13.0. The summed E-state index contributed by atoms with van der Waals surface area (Å²) < 4.78 is 1.39. The molecule has 0 bridgehead atoms. The topological polar surface area (TPSA) is 112 Å². The van der Waals surface area contributed by atoms with E-state index in [1.807, 2.05) is 0 Å². The molecule has 1 amide bonds. The zero-order valence-corrected chi connectivity index (χ0v) is 14.8. The number of fused-ring (bicyclic) bond motifs is 1. The Kier molecular flexibility index (Phi) is 4.33. The van der Waals surface area contributed by atoms with Crippen LogP contribution in [0, 0.1) is 17.8 Å². The van der Waals surface area contributed by atoms with Gasteiger partial charge in [0.1, 0.15) is 0 Å². The Labute approximate surface area is 154 Å². The molecule has 1 aliphatic carbocycles. The zero-order valence-electron chi connectivity index (χ0n) is 14.8. The molecule has 1 aromatic carbocycles. The monoisotopic (exact) mass is 371 g/mol. The first-order valence-corrected chi connectivity index (χ1v) is 9.18. The molecule has 2 aromatic rings. The van der Waals surface area contributed by atoms with Gasteiger partial charge in [-0.05, 0) is 36.8 Å². The Morgan fingerprint density at radius 2 is 1.89 bits per heavy atom. The third-order valence-electron chi connectivity index (χ3n) is 5.72. The highest BCUT2D eigenvalue weighted by Gasteiger charge is 2.46. The number of carboxylic acid groups (broad SMARTS) is 1. The van der Waals surface area contributed by atoms with Crippen LogP contribution in [0.1, 0.15) is 19.3 Å². The van der Waals surface area contributed by atoms with Crippen LogP contribution in [0.15, 0.2) is 33.9 Å². The van der Waals surface area contributed by atoms with Crippen molar-refractivity contribution < 1.29 is 14.7 Å². The lowest BCUT2D eigenvalue weighted by Gasteiger charge is -2.17. The van der Waals surface area contributed by atoms with E-state index in [1.54, 1.807) is 29.2 Å². The maximum absolute atomic E-state index is 12.6. The first-order valence-electron chi connectivity index (χ1n) is 9.18. The maximum atomic E-state index is 12.6. The smallest absolute Gasteiger partial charge is 0.328 e. The first kappa shape index (κ1) is 17.5. The Morgan fingerprint density at radius 1 is 1.15 bits per heavy atom. The van der Waals surface area contributed by atoms with Crippen molar-refractivity contribution in [1.82, 2.24) is 14.5 Å². The Balaban J connectivity index is 1.50. The van der Waals surface area contributed by atoms with Crippen molar-refractivity contribution in [2.45, 2.75) is 25.8 Å². The number of para-hydroxylation sites is 1. The van der Waals surface area contributed by atoms with Crippen molar-refractivity contribution in [3.05, 3.63) is 45.1 Å². The van der Waals surface area contributed by atoms with E-state index in [0.29, 0.717) is 23.4 Å². The average Bonchev–Trinajstić information content (AvgIpc) is 3.39. The number of hydrogen-bond acceptors (Lipinski definition) is 4. The number of amides is 1. The zero-order chi connectivity index (χ0) is 19.1. The van der Waals surface area contributed by atoms with Crippen molar-refractivity contribution in [2.75, 3.05) is 13.1 Å². The van der Waals surface area contributed by atoms with Gasteiger partial charge in [0.15, 0.2) is 0 Å². The second-order valence-corrected chi connectivity index (χ2v) is 7.42. The number of hydrogen-bond donors (Lipinski definition) is 2. The lowest BCUT2D eigenvalue weighted by atomic mass is 9.92. The van der Waals surface area contributed by atoms with Crippen molar-refractivity contribution in [2.24, 2.45) is 17.8 Å². The number of H-pyrrole nitrogens is 1. The second-order valence-electron chi connectivity index (χ2n) is 7.42. The predicted molar refractivity (Wildman–Crippen MR) is 97.4 cm³/mol. The van der Waals surface area contributed by atoms with E-state index >= 15 is 0 Å². The molecule has 27 heavy (non-hydrogen) atoms. The molecule has 0 unspecified atom stereocenters. The van der Waals surface area contributed by atoms with E-state index in [2.05, 4.69) is 4.98 Å². The minimum atomic E-state index is -0.843. The fourth-order valence-corrected chi connectivity index (χ4v) is 4.13. The molecular formula is C19H21N3O5. The van der Waals surface area contributed by atoms with Crippen molar-refractivity contribution in [1.29, 1.82) is 0 Å². The molecule has 2 fully saturated rings. The largest absolute Gasteiger partial charge is 0.481 e.